The van der Waals surface area contributed by atoms with Crippen LogP contribution in [0.15, 0.2) is 0 Å². The minimum atomic E-state index is -0.904. The van der Waals surface area contributed by atoms with E-state index in [0.29, 0.717) is 6.42 Å². The molecule has 4 heteroatoms. The van der Waals surface area contributed by atoms with E-state index in [4.69, 9.17) is 10.8 Å². The molecule has 0 fully saturated rings. The van der Waals surface area contributed by atoms with E-state index in [-0.39, 0.29) is 18.6 Å². The highest BCUT2D eigenvalue weighted by atomic mass is 16.4. The molecule has 0 aliphatic heterocycles. The number of hydrogen-bond donors (Lipinski definition) is 2. The van der Waals surface area contributed by atoms with Crippen molar-refractivity contribution in [1.82, 2.24) is 0 Å². The Hall–Kier alpha value is -0.900. The van der Waals surface area contributed by atoms with Crippen LogP contribution < -0.4 is 5.73 Å². The number of unbranched alkanes of at least 4 members (excludes halogenated alkanes) is 1. The van der Waals surface area contributed by atoms with Gasteiger partial charge in [0.05, 0.1) is 6.04 Å². The Kier molecular flexibility index (Phi) is 6.14. The van der Waals surface area contributed by atoms with Gasteiger partial charge in [0.15, 0.2) is 0 Å². The standard InChI is InChI=1S/C9H17NO3/c1-2-3-4-8(11)7(10)5-6-9(12)13/h7H,2-6,10H2,1H3,(H,12,13)/t7-/m0/s1. The topological polar surface area (TPSA) is 80.4 Å². The van der Waals surface area contributed by atoms with Gasteiger partial charge < -0.3 is 10.8 Å². The Bertz CT molecular complexity index is 180. The van der Waals surface area contributed by atoms with Gasteiger partial charge in [-0.15, -0.1) is 0 Å². The Labute approximate surface area is 78.1 Å². The lowest BCUT2D eigenvalue weighted by molar-refractivity contribution is -0.137. The summed E-state index contributed by atoms with van der Waals surface area (Å²) in [4.78, 5) is 21.4. The number of carbonyl (C=O) groups excluding carboxylic acids is 1. The van der Waals surface area contributed by atoms with E-state index in [9.17, 15) is 9.59 Å². The maximum absolute atomic E-state index is 11.2. The predicted octanol–water partition coefficient (Wildman–Crippen LogP) is 0.938. The van der Waals surface area contributed by atoms with E-state index in [1.807, 2.05) is 6.92 Å². The van der Waals surface area contributed by atoms with Crippen LogP contribution in [0.2, 0.25) is 0 Å². The first-order valence-electron chi connectivity index (χ1n) is 4.58. The molecule has 4 nitrogen and oxygen atoms in total. The van der Waals surface area contributed by atoms with Crippen molar-refractivity contribution in [1.29, 1.82) is 0 Å². The zero-order chi connectivity index (χ0) is 10.3. The lowest BCUT2D eigenvalue weighted by Crippen LogP contribution is -2.30. The number of hydrogen-bond acceptors (Lipinski definition) is 3. The van der Waals surface area contributed by atoms with Gasteiger partial charge in [-0.1, -0.05) is 13.3 Å². The van der Waals surface area contributed by atoms with Crippen LogP contribution in [0.1, 0.15) is 39.0 Å². The van der Waals surface area contributed by atoms with Crippen LogP contribution in [-0.4, -0.2) is 22.9 Å². The third kappa shape index (κ3) is 6.28. The Balaban J connectivity index is 3.62. The molecule has 0 saturated carbocycles. The summed E-state index contributed by atoms with van der Waals surface area (Å²) < 4.78 is 0. The molecule has 0 amide bonds. The summed E-state index contributed by atoms with van der Waals surface area (Å²) in [6.07, 6.45) is 2.48. The largest absolute Gasteiger partial charge is 0.481 e. The number of Topliss-reactive ketones (excluding diaryl/α,β-unsaturated/α-hetero) is 1. The zero-order valence-corrected chi connectivity index (χ0v) is 7.95. The summed E-state index contributed by atoms with van der Waals surface area (Å²) in [5.74, 6) is -0.929. The molecule has 0 aromatic heterocycles. The van der Waals surface area contributed by atoms with Crippen molar-refractivity contribution in [3.05, 3.63) is 0 Å². The second-order valence-electron chi connectivity index (χ2n) is 3.11. The van der Waals surface area contributed by atoms with Crippen LogP contribution in [0.3, 0.4) is 0 Å². The van der Waals surface area contributed by atoms with Crippen LogP contribution >= 0.6 is 0 Å². The van der Waals surface area contributed by atoms with Gasteiger partial charge in [0.2, 0.25) is 0 Å². The van der Waals surface area contributed by atoms with E-state index in [1.165, 1.54) is 0 Å². The van der Waals surface area contributed by atoms with E-state index >= 15 is 0 Å². The first-order chi connectivity index (χ1) is 6.07. The number of ketones is 1. The Morgan fingerprint density at radius 3 is 2.46 bits per heavy atom. The van der Waals surface area contributed by atoms with Crippen molar-refractivity contribution >= 4 is 11.8 Å². The summed E-state index contributed by atoms with van der Waals surface area (Å²) in [7, 11) is 0. The summed E-state index contributed by atoms with van der Waals surface area (Å²) >= 11 is 0. The molecule has 0 saturated heterocycles. The molecule has 76 valence electrons. The molecule has 1 atom stereocenters. The van der Waals surface area contributed by atoms with Crippen LogP contribution in [-0.2, 0) is 9.59 Å². The number of nitrogens with two attached hydrogens (primary N) is 1. The molecule has 0 rings (SSSR count). The maximum Gasteiger partial charge on any atom is 0.303 e. The minimum Gasteiger partial charge on any atom is -0.481 e. The molecule has 0 aliphatic carbocycles. The smallest absolute Gasteiger partial charge is 0.303 e. The second kappa shape index (κ2) is 6.60. The zero-order valence-electron chi connectivity index (χ0n) is 7.95. The Morgan fingerprint density at radius 2 is 2.00 bits per heavy atom. The highest BCUT2D eigenvalue weighted by molar-refractivity contribution is 5.84. The highest BCUT2D eigenvalue weighted by Crippen LogP contribution is 2.02. The van der Waals surface area contributed by atoms with Gasteiger partial charge in [-0.3, -0.25) is 9.59 Å². The third-order valence-corrected chi connectivity index (χ3v) is 1.86. The molecule has 0 aromatic rings. The van der Waals surface area contributed by atoms with Gasteiger partial charge in [0, 0.05) is 12.8 Å². The highest BCUT2D eigenvalue weighted by Gasteiger charge is 2.13. The van der Waals surface area contributed by atoms with Crippen molar-refractivity contribution in [2.45, 2.75) is 45.1 Å². The predicted molar refractivity (Wildman–Crippen MR) is 49.4 cm³/mol. The average Bonchev–Trinajstić information content (AvgIpc) is 2.10. The Morgan fingerprint density at radius 1 is 1.38 bits per heavy atom. The summed E-state index contributed by atoms with van der Waals surface area (Å²) in [6.45, 7) is 2.00. The molecule has 3 N–H and O–H groups in total. The molecular weight excluding hydrogens is 170 g/mol. The first kappa shape index (κ1) is 12.1. The molecule has 0 unspecified atom stereocenters. The summed E-state index contributed by atoms with van der Waals surface area (Å²) in [5.41, 5.74) is 5.49. The number of carboxylic acids is 1. The summed E-state index contributed by atoms with van der Waals surface area (Å²) in [5, 5.41) is 8.35. The van der Waals surface area contributed by atoms with Gasteiger partial charge >= 0.3 is 5.97 Å². The van der Waals surface area contributed by atoms with Crippen LogP contribution in [0.5, 0.6) is 0 Å². The van der Waals surface area contributed by atoms with E-state index in [1.54, 1.807) is 0 Å². The maximum atomic E-state index is 11.2. The van der Waals surface area contributed by atoms with Crippen molar-refractivity contribution in [3.63, 3.8) is 0 Å². The van der Waals surface area contributed by atoms with E-state index in [0.717, 1.165) is 12.8 Å². The van der Waals surface area contributed by atoms with Gasteiger partial charge in [0.25, 0.3) is 0 Å². The van der Waals surface area contributed by atoms with E-state index < -0.39 is 12.0 Å². The van der Waals surface area contributed by atoms with Gasteiger partial charge in [0.1, 0.15) is 5.78 Å². The molecule has 0 spiro atoms. The molecule has 13 heavy (non-hydrogen) atoms. The third-order valence-electron chi connectivity index (χ3n) is 1.86. The molecule has 0 aromatic carbocycles. The molecule has 0 aliphatic rings. The second-order valence-corrected chi connectivity index (χ2v) is 3.11. The molecule has 0 radical (unpaired) electrons. The molecule has 0 bridgehead atoms. The number of rotatable bonds is 7. The van der Waals surface area contributed by atoms with Gasteiger partial charge in [-0.2, -0.15) is 0 Å². The average molecular weight is 187 g/mol. The van der Waals surface area contributed by atoms with Crippen molar-refractivity contribution in [2.24, 2.45) is 5.73 Å². The van der Waals surface area contributed by atoms with Crippen molar-refractivity contribution in [3.8, 4) is 0 Å². The fourth-order valence-electron chi connectivity index (χ4n) is 0.976. The fraction of sp³-hybridized carbons (Fsp3) is 0.778. The van der Waals surface area contributed by atoms with Gasteiger partial charge in [-0.25, -0.2) is 0 Å². The lowest BCUT2D eigenvalue weighted by Gasteiger charge is -2.07. The normalized spacial score (nSPS) is 12.5. The van der Waals surface area contributed by atoms with Crippen LogP contribution in [0, 0.1) is 0 Å². The first-order valence-corrected chi connectivity index (χ1v) is 4.58. The minimum absolute atomic E-state index is 0.0249. The quantitative estimate of drug-likeness (QED) is 0.621. The number of aliphatic carboxylic acids is 1. The van der Waals surface area contributed by atoms with Crippen molar-refractivity contribution in [2.75, 3.05) is 0 Å². The number of carboxylic acid groups (broad SMARTS) is 1. The molecular formula is C9H17NO3. The van der Waals surface area contributed by atoms with Gasteiger partial charge in [-0.05, 0) is 12.8 Å². The monoisotopic (exact) mass is 187 g/mol. The fourth-order valence-corrected chi connectivity index (χ4v) is 0.976. The van der Waals surface area contributed by atoms with E-state index in [2.05, 4.69) is 0 Å². The number of carbonyl (C=O) groups is 2. The molecule has 0 heterocycles. The lowest BCUT2D eigenvalue weighted by atomic mass is 10.0. The van der Waals surface area contributed by atoms with Crippen molar-refractivity contribution < 1.29 is 14.7 Å². The summed E-state index contributed by atoms with van der Waals surface area (Å²) in [6, 6.07) is -0.595. The SMILES string of the molecule is CCCCC(=O)[C@@H](N)CCC(=O)O. The van der Waals surface area contributed by atoms with Crippen LogP contribution in [0.25, 0.3) is 0 Å². The van der Waals surface area contributed by atoms with Crippen LogP contribution in [0.4, 0.5) is 0 Å².